The molecule has 0 unspecified atom stereocenters. The largest absolute Gasteiger partial charge is 0.332 e. The molecule has 0 saturated heterocycles. The molecule has 0 saturated carbocycles. The van der Waals surface area contributed by atoms with E-state index in [2.05, 4.69) is 0 Å². The second-order valence-corrected chi connectivity index (χ2v) is 3.31. The van der Waals surface area contributed by atoms with Crippen molar-refractivity contribution in [1.82, 2.24) is 0 Å². The van der Waals surface area contributed by atoms with Crippen molar-refractivity contribution in [3.05, 3.63) is 4.91 Å². The topological polar surface area (TPSA) is 46.5 Å². The zero-order chi connectivity index (χ0) is 6.78. The molecule has 0 aliphatic heterocycles. The monoisotopic (exact) mass is 231 g/mol. The minimum atomic E-state index is -2.14. The van der Waals surface area contributed by atoms with Crippen LogP contribution in [0.2, 0.25) is 0 Å². The zero-order valence-corrected chi connectivity index (χ0v) is 6.18. The molecule has 0 aromatic heterocycles. The van der Waals surface area contributed by atoms with Gasteiger partial charge in [0, 0.05) is 5.18 Å². The van der Waals surface area contributed by atoms with Gasteiger partial charge in [-0.1, -0.05) is 0 Å². The molecule has 0 spiro atoms. The van der Waals surface area contributed by atoms with E-state index in [1.165, 1.54) is 22.6 Å². The summed E-state index contributed by atoms with van der Waals surface area (Å²) in [6.07, 6.45) is 0. The van der Waals surface area contributed by atoms with Gasteiger partial charge in [-0.25, -0.2) is 4.39 Å². The Morgan fingerprint density at radius 3 is 2.25 bits per heavy atom. The summed E-state index contributed by atoms with van der Waals surface area (Å²) in [5.41, 5.74) is 0. The number of nitroso groups, excluding NO2 is 1. The van der Waals surface area contributed by atoms with E-state index in [0.717, 1.165) is 6.92 Å². The van der Waals surface area contributed by atoms with Gasteiger partial charge in [-0.2, -0.15) is 0 Å². The number of rotatable bonds is 1. The van der Waals surface area contributed by atoms with Crippen LogP contribution in [0.25, 0.3) is 0 Å². The normalized spacial score (nSPS) is 16.9. The van der Waals surface area contributed by atoms with Crippen molar-refractivity contribution in [2.75, 3.05) is 0 Å². The highest BCUT2D eigenvalue weighted by atomic mass is 127. The average molecular weight is 231 g/mol. The van der Waals surface area contributed by atoms with E-state index in [4.69, 9.17) is 0 Å². The Labute approximate surface area is 58.8 Å². The molecule has 1 atom stereocenters. The first-order valence-electron chi connectivity index (χ1n) is 1.74. The minimum Gasteiger partial charge on any atom is -0.264 e. The molecule has 8 heavy (non-hydrogen) atoms. The van der Waals surface area contributed by atoms with Crippen LogP contribution in [0.1, 0.15) is 6.92 Å². The summed E-state index contributed by atoms with van der Waals surface area (Å²) in [5, 5.41) is 1.89. The number of carbonyl (C=O) groups is 1. The first-order valence-corrected chi connectivity index (χ1v) is 2.82. The van der Waals surface area contributed by atoms with Crippen molar-refractivity contribution in [3.8, 4) is 0 Å². The van der Waals surface area contributed by atoms with Gasteiger partial charge in [0.25, 0.3) is 0 Å². The van der Waals surface area contributed by atoms with Gasteiger partial charge in [0.1, 0.15) is 0 Å². The average Bonchev–Trinajstić information content (AvgIpc) is 1.62. The minimum absolute atomic E-state index is 0.970. The number of alkyl halides is 2. The van der Waals surface area contributed by atoms with E-state index in [1.54, 1.807) is 0 Å². The Balaban J connectivity index is 4.02. The standard InChI is InChI=1S/C3H3FINO2/c1-3(4,5)2(7)6-8/h1H3/t3-/m1/s1. The maximum Gasteiger partial charge on any atom is 0.332 e. The van der Waals surface area contributed by atoms with Gasteiger partial charge in [-0.3, -0.25) is 4.79 Å². The fraction of sp³-hybridized carbons (Fsp3) is 0.667. The van der Waals surface area contributed by atoms with E-state index in [-0.39, 0.29) is 0 Å². The molecule has 0 aromatic rings. The molecule has 0 bridgehead atoms. The maximum atomic E-state index is 12.1. The number of amides is 1. The van der Waals surface area contributed by atoms with Gasteiger partial charge in [-0.05, 0) is 29.5 Å². The SMILES string of the molecule is C[C@@](F)(I)C(=O)N=O. The van der Waals surface area contributed by atoms with Crippen LogP contribution in [-0.4, -0.2) is 9.58 Å². The van der Waals surface area contributed by atoms with Gasteiger partial charge in [-0.15, -0.1) is 4.91 Å². The van der Waals surface area contributed by atoms with Crippen molar-refractivity contribution in [2.24, 2.45) is 5.18 Å². The molecule has 0 aliphatic rings. The van der Waals surface area contributed by atoms with Crippen LogP contribution in [0.15, 0.2) is 5.18 Å². The van der Waals surface area contributed by atoms with E-state index in [9.17, 15) is 14.1 Å². The third-order valence-corrected chi connectivity index (χ3v) is 0.920. The Morgan fingerprint density at radius 2 is 2.25 bits per heavy atom. The van der Waals surface area contributed by atoms with Crippen LogP contribution >= 0.6 is 22.6 Å². The van der Waals surface area contributed by atoms with E-state index in [0.29, 0.717) is 0 Å². The van der Waals surface area contributed by atoms with E-state index in [1.807, 2.05) is 5.18 Å². The van der Waals surface area contributed by atoms with Crippen molar-refractivity contribution >= 4 is 28.5 Å². The molecule has 0 fully saturated rings. The van der Waals surface area contributed by atoms with Crippen LogP contribution < -0.4 is 0 Å². The lowest BCUT2D eigenvalue weighted by molar-refractivity contribution is -0.122. The summed E-state index contributed by atoms with van der Waals surface area (Å²) in [7, 11) is 0. The molecule has 0 N–H and O–H groups in total. The smallest absolute Gasteiger partial charge is 0.264 e. The van der Waals surface area contributed by atoms with Crippen molar-refractivity contribution in [1.29, 1.82) is 0 Å². The predicted molar refractivity (Wildman–Crippen MR) is 34.3 cm³/mol. The second kappa shape index (κ2) is 2.47. The Bertz CT molecular complexity index is 119. The zero-order valence-electron chi connectivity index (χ0n) is 4.02. The number of nitrogens with zero attached hydrogens (tertiary/aromatic N) is 1. The van der Waals surface area contributed by atoms with Gasteiger partial charge >= 0.3 is 5.91 Å². The molecule has 0 heterocycles. The predicted octanol–water partition coefficient (Wildman–Crippen LogP) is 1.40. The Morgan fingerprint density at radius 1 is 1.88 bits per heavy atom. The molecule has 0 aliphatic carbocycles. The quantitative estimate of drug-likeness (QED) is 0.389. The van der Waals surface area contributed by atoms with Crippen LogP contribution in [0.5, 0.6) is 0 Å². The van der Waals surface area contributed by atoms with Crippen LogP contribution in [0, 0.1) is 4.91 Å². The molecule has 0 aromatic carbocycles. The molecule has 46 valence electrons. The molecule has 3 nitrogen and oxygen atoms in total. The summed E-state index contributed by atoms with van der Waals surface area (Å²) < 4.78 is 9.99. The third kappa shape index (κ3) is 2.29. The van der Waals surface area contributed by atoms with Crippen LogP contribution in [-0.2, 0) is 4.79 Å². The summed E-state index contributed by atoms with van der Waals surface area (Å²) >= 11 is 1.19. The van der Waals surface area contributed by atoms with E-state index < -0.39 is 9.58 Å². The second-order valence-electron chi connectivity index (χ2n) is 1.28. The summed E-state index contributed by atoms with van der Waals surface area (Å²) in [6.45, 7) is 0.970. The lowest BCUT2D eigenvalue weighted by Crippen LogP contribution is -2.18. The highest BCUT2D eigenvalue weighted by molar-refractivity contribution is 14.1. The fourth-order valence-corrected chi connectivity index (χ4v) is 0.179. The molecule has 5 heteroatoms. The third-order valence-electron chi connectivity index (χ3n) is 0.458. The van der Waals surface area contributed by atoms with Crippen molar-refractivity contribution in [3.63, 3.8) is 0 Å². The molecule has 1 amide bonds. The Kier molecular flexibility index (Phi) is 2.45. The van der Waals surface area contributed by atoms with Crippen LogP contribution in [0.4, 0.5) is 4.39 Å². The maximum absolute atomic E-state index is 12.1. The van der Waals surface area contributed by atoms with E-state index >= 15 is 0 Å². The summed E-state index contributed by atoms with van der Waals surface area (Å²) in [5.74, 6) is -1.28. The first kappa shape index (κ1) is 7.93. The van der Waals surface area contributed by atoms with Crippen molar-refractivity contribution < 1.29 is 9.18 Å². The van der Waals surface area contributed by atoms with Crippen molar-refractivity contribution in [2.45, 2.75) is 10.6 Å². The highest BCUT2D eigenvalue weighted by Gasteiger charge is 2.29. The number of hydrogen-bond acceptors (Lipinski definition) is 2. The lowest BCUT2D eigenvalue weighted by atomic mass is 10.4. The molecular weight excluding hydrogens is 228 g/mol. The number of carbonyl (C=O) groups excluding carboxylic acids is 1. The molecule has 0 rings (SSSR count). The molecule has 0 radical (unpaired) electrons. The highest BCUT2D eigenvalue weighted by Crippen LogP contribution is 2.20. The van der Waals surface area contributed by atoms with Gasteiger partial charge in [0.15, 0.2) is 0 Å². The fourth-order valence-electron chi connectivity index (χ4n) is 0.0801. The first-order chi connectivity index (χ1) is 3.48. The van der Waals surface area contributed by atoms with Gasteiger partial charge in [0.05, 0.1) is 0 Å². The van der Waals surface area contributed by atoms with Gasteiger partial charge in [0.2, 0.25) is 3.68 Å². The Hall–Kier alpha value is -0.0700. The summed E-state index contributed by atoms with van der Waals surface area (Å²) in [6, 6.07) is 0. The lowest BCUT2D eigenvalue weighted by Gasteiger charge is -2.00. The van der Waals surface area contributed by atoms with Crippen LogP contribution in [0.3, 0.4) is 0 Å². The number of hydrogen-bond donors (Lipinski definition) is 0. The van der Waals surface area contributed by atoms with Gasteiger partial charge < -0.3 is 0 Å². The summed E-state index contributed by atoms with van der Waals surface area (Å²) in [4.78, 5) is 19.3. The number of halogens is 2. The molecular formula is C3H3FINO2.